The lowest BCUT2D eigenvalue weighted by Gasteiger charge is -2.05. The number of halogens is 1. The van der Waals surface area contributed by atoms with E-state index in [4.69, 9.17) is 5.11 Å². The van der Waals surface area contributed by atoms with Crippen LogP contribution in [0.4, 0.5) is 0 Å². The van der Waals surface area contributed by atoms with E-state index in [2.05, 4.69) is 21.2 Å². The molecule has 0 radical (unpaired) electrons. The van der Waals surface area contributed by atoms with E-state index in [1.807, 2.05) is 13.0 Å². The Morgan fingerprint density at radius 2 is 2.06 bits per heavy atom. The fourth-order valence-corrected chi connectivity index (χ4v) is 2.02. The van der Waals surface area contributed by atoms with E-state index in [0.717, 1.165) is 10.0 Å². The molecule has 4 nitrogen and oxygen atoms in total. The lowest BCUT2D eigenvalue weighted by Crippen LogP contribution is -2.24. The molecule has 0 atom stereocenters. The molecule has 1 aromatic rings. The summed E-state index contributed by atoms with van der Waals surface area (Å²) in [7, 11) is 0. The molecular weight excluding hydrogens is 286 g/mol. The third-order valence-corrected chi connectivity index (χ3v) is 2.62. The molecule has 0 heterocycles. The van der Waals surface area contributed by atoms with Gasteiger partial charge in [0, 0.05) is 23.0 Å². The highest BCUT2D eigenvalue weighted by Gasteiger charge is 2.06. The van der Waals surface area contributed by atoms with Gasteiger partial charge in [-0.2, -0.15) is 0 Å². The van der Waals surface area contributed by atoms with Crippen LogP contribution in [-0.4, -0.2) is 23.5 Å². The summed E-state index contributed by atoms with van der Waals surface area (Å²) >= 11 is 3.32. The van der Waals surface area contributed by atoms with Gasteiger partial charge in [0.25, 0.3) is 5.91 Å². The Labute approximate surface area is 108 Å². The summed E-state index contributed by atoms with van der Waals surface area (Å²) in [5, 5.41) is 11.1. The van der Waals surface area contributed by atoms with Gasteiger partial charge in [0.05, 0.1) is 0 Å². The van der Waals surface area contributed by atoms with Gasteiger partial charge in [-0.05, 0) is 37.1 Å². The Bertz CT molecular complexity index is 412. The molecule has 0 bridgehead atoms. The molecule has 0 aliphatic heterocycles. The van der Waals surface area contributed by atoms with E-state index in [9.17, 15) is 9.59 Å². The van der Waals surface area contributed by atoms with Crippen molar-refractivity contribution in [2.75, 3.05) is 6.54 Å². The third-order valence-electron chi connectivity index (χ3n) is 2.16. The van der Waals surface area contributed by atoms with E-state index in [1.165, 1.54) is 0 Å². The second kappa shape index (κ2) is 6.39. The van der Waals surface area contributed by atoms with E-state index < -0.39 is 5.97 Å². The van der Waals surface area contributed by atoms with Crippen LogP contribution in [-0.2, 0) is 4.79 Å². The van der Waals surface area contributed by atoms with Crippen molar-refractivity contribution in [3.8, 4) is 0 Å². The highest BCUT2D eigenvalue weighted by molar-refractivity contribution is 9.10. The van der Waals surface area contributed by atoms with Crippen molar-refractivity contribution in [3.63, 3.8) is 0 Å². The van der Waals surface area contributed by atoms with E-state index in [0.29, 0.717) is 18.5 Å². The minimum Gasteiger partial charge on any atom is -0.481 e. The van der Waals surface area contributed by atoms with Gasteiger partial charge in [-0.1, -0.05) is 15.9 Å². The van der Waals surface area contributed by atoms with Gasteiger partial charge < -0.3 is 10.4 Å². The Kier molecular flexibility index (Phi) is 5.15. The molecule has 0 aliphatic carbocycles. The first-order valence-corrected chi connectivity index (χ1v) is 6.05. The second-order valence-corrected chi connectivity index (χ2v) is 4.69. The zero-order valence-corrected chi connectivity index (χ0v) is 11.1. The van der Waals surface area contributed by atoms with Gasteiger partial charge in [0.2, 0.25) is 0 Å². The first kappa shape index (κ1) is 13.7. The highest BCUT2D eigenvalue weighted by atomic mass is 79.9. The maximum Gasteiger partial charge on any atom is 0.303 e. The Morgan fingerprint density at radius 3 is 2.65 bits per heavy atom. The zero-order chi connectivity index (χ0) is 12.8. The summed E-state index contributed by atoms with van der Waals surface area (Å²) in [6.07, 6.45) is 0.506. The van der Waals surface area contributed by atoms with Gasteiger partial charge >= 0.3 is 5.97 Å². The average Bonchev–Trinajstić information content (AvgIpc) is 2.22. The summed E-state index contributed by atoms with van der Waals surface area (Å²) in [5.41, 5.74) is 1.57. The fraction of sp³-hybridized carbons (Fsp3) is 0.333. The summed E-state index contributed by atoms with van der Waals surface area (Å²) < 4.78 is 0.855. The van der Waals surface area contributed by atoms with Gasteiger partial charge in [-0.25, -0.2) is 0 Å². The van der Waals surface area contributed by atoms with Crippen molar-refractivity contribution < 1.29 is 14.7 Å². The molecule has 0 aliphatic rings. The molecule has 5 heteroatoms. The molecule has 0 saturated heterocycles. The molecule has 17 heavy (non-hydrogen) atoms. The van der Waals surface area contributed by atoms with Crippen LogP contribution in [0.3, 0.4) is 0 Å². The molecule has 2 N–H and O–H groups in total. The minimum absolute atomic E-state index is 0.0673. The van der Waals surface area contributed by atoms with Gasteiger partial charge in [0.1, 0.15) is 0 Å². The fourth-order valence-electron chi connectivity index (χ4n) is 1.41. The summed E-state index contributed by atoms with van der Waals surface area (Å²) in [4.78, 5) is 22.0. The molecule has 0 fully saturated rings. The lowest BCUT2D eigenvalue weighted by atomic mass is 10.1. The molecule has 92 valence electrons. The van der Waals surface area contributed by atoms with Crippen molar-refractivity contribution in [3.05, 3.63) is 33.8 Å². The summed E-state index contributed by atoms with van der Waals surface area (Å²) in [5.74, 6) is -1.03. The number of carboxylic acid groups (broad SMARTS) is 1. The van der Waals surface area contributed by atoms with Crippen LogP contribution >= 0.6 is 15.9 Å². The molecular formula is C12H14BrNO3. The number of nitrogens with one attached hydrogen (secondary N) is 1. The molecule has 1 rings (SSSR count). The second-order valence-electron chi connectivity index (χ2n) is 3.77. The maximum absolute atomic E-state index is 11.7. The van der Waals surface area contributed by atoms with Crippen LogP contribution < -0.4 is 5.32 Å². The number of carbonyl (C=O) groups is 2. The zero-order valence-electron chi connectivity index (χ0n) is 9.50. The average molecular weight is 300 g/mol. The van der Waals surface area contributed by atoms with Crippen LogP contribution in [0.15, 0.2) is 22.7 Å². The van der Waals surface area contributed by atoms with E-state index >= 15 is 0 Å². The van der Waals surface area contributed by atoms with Gasteiger partial charge in [-0.3, -0.25) is 9.59 Å². The van der Waals surface area contributed by atoms with E-state index in [-0.39, 0.29) is 12.3 Å². The van der Waals surface area contributed by atoms with Crippen LogP contribution in [0.1, 0.15) is 28.8 Å². The number of aryl methyl sites for hydroxylation is 1. The Morgan fingerprint density at radius 1 is 1.35 bits per heavy atom. The number of hydrogen-bond donors (Lipinski definition) is 2. The minimum atomic E-state index is -0.849. The largest absolute Gasteiger partial charge is 0.481 e. The number of carboxylic acids is 1. The number of aliphatic carboxylic acids is 1. The molecule has 0 saturated carbocycles. The normalized spacial score (nSPS) is 10.0. The number of hydrogen-bond acceptors (Lipinski definition) is 2. The first-order valence-electron chi connectivity index (χ1n) is 5.26. The van der Waals surface area contributed by atoms with Crippen LogP contribution in [0.2, 0.25) is 0 Å². The highest BCUT2D eigenvalue weighted by Crippen LogP contribution is 2.15. The molecule has 0 unspecified atom stereocenters. The van der Waals surface area contributed by atoms with Crippen molar-refractivity contribution in [1.29, 1.82) is 0 Å². The standard InChI is InChI=1S/C12H14BrNO3/c1-8-5-9(7-10(13)6-8)12(17)14-4-2-3-11(15)16/h5-7H,2-4H2,1H3,(H,14,17)(H,15,16). The molecule has 1 aromatic carbocycles. The first-order chi connectivity index (χ1) is 7.99. The topological polar surface area (TPSA) is 66.4 Å². The van der Waals surface area contributed by atoms with Crippen LogP contribution in [0, 0.1) is 6.92 Å². The third kappa shape index (κ3) is 4.99. The van der Waals surface area contributed by atoms with Crippen molar-refractivity contribution >= 4 is 27.8 Å². The quantitative estimate of drug-likeness (QED) is 0.820. The van der Waals surface area contributed by atoms with Crippen molar-refractivity contribution in [2.45, 2.75) is 19.8 Å². The predicted molar refractivity (Wildman–Crippen MR) is 68.1 cm³/mol. The number of rotatable bonds is 5. The predicted octanol–water partition coefficient (Wildman–Crippen LogP) is 2.35. The lowest BCUT2D eigenvalue weighted by molar-refractivity contribution is -0.137. The summed E-state index contributed by atoms with van der Waals surface area (Å²) in [6, 6.07) is 5.44. The van der Waals surface area contributed by atoms with Crippen LogP contribution in [0.5, 0.6) is 0 Å². The molecule has 0 aromatic heterocycles. The number of benzene rings is 1. The van der Waals surface area contributed by atoms with Crippen LogP contribution in [0.25, 0.3) is 0 Å². The number of amides is 1. The smallest absolute Gasteiger partial charge is 0.303 e. The SMILES string of the molecule is Cc1cc(Br)cc(C(=O)NCCCC(=O)O)c1. The van der Waals surface area contributed by atoms with Crippen molar-refractivity contribution in [2.24, 2.45) is 0 Å². The Hall–Kier alpha value is -1.36. The monoisotopic (exact) mass is 299 g/mol. The Balaban J connectivity index is 2.49. The van der Waals surface area contributed by atoms with Gasteiger partial charge in [0.15, 0.2) is 0 Å². The van der Waals surface area contributed by atoms with Crippen molar-refractivity contribution in [1.82, 2.24) is 5.32 Å². The van der Waals surface area contributed by atoms with Gasteiger partial charge in [-0.15, -0.1) is 0 Å². The molecule has 1 amide bonds. The summed E-state index contributed by atoms with van der Waals surface area (Å²) in [6.45, 7) is 2.28. The number of carbonyl (C=O) groups excluding carboxylic acids is 1. The maximum atomic E-state index is 11.7. The van der Waals surface area contributed by atoms with E-state index in [1.54, 1.807) is 12.1 Å². The molecule has 0 spiro atoms.